The molecule has 1 aromatic rings. The molecule has 1 aliphatic rings. The van der Waals surface area contributed by atoms with Gasteiger partial charge in [0.2, 0.25) is 0 Å². The van der Waals surface area contributed by atoms with Crippen molar-refractivity contribution in [1.29, 1.82) is 0 Å². The number of hydrogen-bond donors (Lipinski definition) is 0. The third kappa shape index (κ3) is 3.04. The van der Waals surface area contributed by atoms with E-state index in [2.05, 4.69) is 38.1 Å². The van der Waals surface area contributed by atoms with Gasteiger partial charge in [0.15, 0.2) is 0 Å². The van der Waals surface area contributed by atoms with Crippen LogP contribution < -0.4 is 0 Å². The van der Waals surface area contributed by atoms with E-state index in [4.69, 9.17) is 0 Å². The Morgan fingerprint density at radius 3 is 2.28 bits per heavy atom. The predicted octanol–water partition coefficient (Wildman–Crippen LogP) is 5.64. The van der Waals surface area contributed by atoms with E-state index < -0.39 is 0 Å². The number of benzene rings is 1. The highest BCUT2D eigenvalue weighted by molar-refractivity contribution is 5.66. The van der Waals surface area contributed by atoms with Crippen molar-refractivity contribution in [2.45, 2.75) is 58.8 Å². The second-order valence-electron chi connectivity index (χ2n) is 5.72. The molecular formula is C18H25. The van der Waals surface area contributed by atoms with Crippen molar-refractivity contribution < 1.29 is 0 Å². The molecule has 0 nitrogen and oxygen atoms in total. The Balaban J connectivity index is 2.10. The molecule has 0 unspecified atom stereocenters. The maximum absolute atomic E-state index is 3.10. The molecule has 0 aliphatic heterocycles. The fourth-order valence-corrected chi connectivity index (χ4v) is 3.45. The van der Waals surface area contributed by atoms with E-state index in [9.17, 15) is 0 Å². The summed E-state index contributed by atoms with van der Waals surface area (Å²) >= 11 is 0. The summed E-state index contributed by atoms with van der Waals surface area (Å²) in [5.74, 6) is 0. The average Bonchev–Trinajstić information content (AvgIpc) is 2.41. The lowest BCUT2D eigenvalue weighted by Crippen LogP contribution is -2.22. The van der Waals surface area contributed by atoms with Crippen molar-refractivity contribution in [2.75, 3.05) is 0 Å². The monoisotopic (exact) mass is 241 g/mol. The van der Waals surface area contributed by atoms with E-state index >= 15 is 0 Å². The first-order valence-electron chi connectivity index (χ1n) is 7.45. The molecule has 18 heavy (non-hydrogen) atoms. The lowest BCUT2D eigenvalue weighted by molar-refractivity contribution is 0.213. The van der Waals surface area contributed by atoms with E-state index in [1.807, 2.05) is 12.1 Å². The molecule has 0 heterocycles. The minimum absolute atomic E-state index is 0.605. The summed E-state index contributed by atoms with van der Waals surface area (Å²) < 4.78 is 0. The largest absolute Gasteiger partial charge is 0.0802 e. The molecule has 0 N–H and O–H groups in total. The Morgan fingerprint density at radius 2 is 1.78 bits per heavy atom. The van der Waals surface area contributed by atoms with Gasteiger partial charge >= 0.3 is 0 Å². The molecule has 0 atom stereocenters. The molecule has 0 saturated carbocycles. The van der Waals surface area contributed by atoms with Gasteiger partial charge in [-0.25, -0.2) is 0 Å². The number of allylic oxidation sites excluding steroid dienone is 2. The molecule has 97 valence electrons. The van der Waals surface area contributed by atoms with E-state index in [1.54, 1.807) is 5.57 Å². The smallest absolute Gasteiger partial charge is 0.0184 e. The number of hydrogen-bond acceptors (Lipinski definition) is 0. The van der Waals surface area contributed by atoms with Gasteiger partial charge in [-0.3, -0.25) is 0 Å². The van der Waals surface area contributed by atoms with Gasteiger partial charge in [-0.05, 0) is 54.7 Å². The zero-order chi connectivity index (χ0) is 12.8. The van der Waals surface area contributed by atoms with Crippen LogP contribution in [0.5, 0.6) is 0 Å². The maximum Gasteiger partial charge on any atom is -0.0184 e. The van der Waals surface area contributed by atoms with Crippen LogP contribution in [-0.4, -0.2) is 0 Å². The summed E-state index contributed by atoms with van der Waals surface area (Å²) in [6, 6.07) is 11.5. The van der Waals surface area contributed by atoms with Crippen molar-refractivity contribution in [3.63, 3.8) is 0 Å². The van der Waals surface area contributed by atoms with Gasteiger partial charge < -0.3 is 0 Å². The lowest BCUT2D eigenvalue weighted by atomic mass is 9.69. The average molecular weight is 241 g/mol. The van der Waals surface area contributed by atoms with Crippen molar-refractivity contribution in [2.24, 2.45) is 5.41 Å². The fourth-order valence-electron chi connectivity index (χ4n) is 3.45. The molecule has 0 amide bonds. The maximum atomic E-state index is 3.10. The molecule has 1 radical (unpaired) electrons. The highest BCUT2D eigenvalue weighted by Gasteiger charge is 2.30. The van der Waals surface area contributed by atoms with Crippen LogP contribution in [-0.2, 0) is 0 Å². The van der Waals surface area contributed by atoms with Crippen molar-refractivity contribution in [3.8, 4) is 0 Å². The van der Waals surface area contributed by atoms with Crippen molar-refractivity contribution >= 4 is 5.57 Å². The van der Waals surface area contributed by atoms with Gasteiger partial charge in [-0.1, -0.05) is 57.0 Å². The van der Waals surface area contributed by atoms with Crippen LogP contribution in [0.3, 0.4) is 0 Å². The quantitative estimate of drug-likeness (QED) is 0.625. The summed E-state index contributed by atoms with van der Waals surface area (Å²) in [6.07, 6.45) is 11.9. The highest BCUT2D eigenvalue weighted by Crippen LogP contribution is 2.45. The summed E-state index contributed by atoms with van der Waals surface area (Å²) in [4.78, 5) is 0. The molecule has 1 aliphatic carbocycles. The summed E-state index contributed by atoms with van der Waals surface area (Å²) in [5.41, 5.74) is 3.55. The number of rotatable bonds is 5. The van der Waals surface area contributed by atoms with Gasteiger partial charge in [0.05, 0.1) is 0 Å². The van der Waals surface area contributed by atoms with Gasteiger partial charge in [-0.2, -0.15) is 0 Å². The standard InChI is InChI=1S/C18H25/c1-3-12-18(13-4-2)14-10-17(11-15-18)16-8-6-5-7-9-16/h6-10H,3-4,11-15H2,1-2H3. The lowest BCUT2D eigenvalue weighted by Gasteiger charge is -2.36. The van der Waals surface area contributed by atoms with Crippen LogP contribution in [0.1, 0.15) is 64.4 Å². The van der Waals surface area contributed by atoms with Gasteiger partial charge in [0.1, 0.15) is 0 Å². The second-order valence-corrected chi connectivity index (χ2v) is 5.72. The first kappa shape index (κ1) is 13.4. The molecule has 0 spiro atoms. The Hall–Kier alpha value is -1.04. The Bertz CT molecular complexity index is 380. The van der Waals surface area contributed by atoms with Crippen molar-refractivity contribution in [1.82, 2.24) is 0 Å². The van der Waals surface area contributed by atoms with Crippen LogP contribution in [0.2, 0.25) is 0 Å². The first-order chi connectivity index (χ1) is 8.79. The molecule has 1 aromatic carbocycles. The van der Waals surface area contributed by atoms with E-state index in [0.717, 1.165) is 0 Å². The Kier molecular flexibility index (Phi) is 4.63. The van der Waals surface area contributed by atoms with E-state index in [-0.39, 0.29) is 0 Å². The molecule has 0 aromatic heterocycles. The van der Waals surface area contributed by atoms with Crippen LogP contribution in [0, 0.1) is 11.5 Å². The molecule has 0 bridgehead atoms. The third-order valence-electron chi connectivity index (χ3n) is 4.36. The van der Waals surface area contributed by atoms with Gasteiger partial charge in [-0.15, -0.1) is 0 Å². The van der Waals surface area contributed by atoms with Crippen LogP contribution in [0.25, 0.3) is 5.57 Å². The Labute approximate surface area is 112 Å². The van der Waals surface area contributed by atoms with Gasteiger partial charge in [0.25, 0.3) is 0 Å². The van der Waals surface area contributed by atoms with E-state index in [0.29, 0.717) is 5.41 Å². The summed E-state index contributed by atoms with van der Waals surface area (Å²) in [6.45, 7) is 4.65. The molecule has 0 heteroatoms. The van der Waals surface area contributed by atoms with Crippen LogP contribution >= 0.6 is 0 Å². The second kappa shape index (κ2) is 6.22. The predicted molar refractivity (Wildman–Crippen MR) is 79.4 cm³/mol. The Morgan fingerprint density at radius 1 is 1.11 bits per heavy atom. The first-order valence-corrected chi connectivity index (χ1v) is 7.45. The topological polar surface area (TPSA) is 0 Å². The normalized spacial score (nSPS) is 18.4. The zero-order valence-electron chi connectivity index (χ0n) is 11.8. The minimum atomic E-state index is 0.605. The molecule has 0 fully saturated rings. The van der Waals surface area contributed by atoms with E-state index in [1.165, 1.54) is 50.5 Å². The molecule has 0 saturated heterocycles. The van der Waals surface area contributed by atoms with Crippen molar-refractivity contribution in [3.05, 3.63) is 42.0 Å². The SMILES string of the molecule is CCCC1(CCC)CC=C(c2cc[c]cc2)CC1. The van der Waals surface area contributed by atoms with Crippen LogP contribution in [0.4, 0.5) is 0 Å². The third-order valence-corrected chi connectivity index (χ3v) is 4.36. The highest BCUT2D eigenvalue weighted by atomic mass is 14.3. The van der Waals surface area contributed by atoms with Gasteiger partial charge in [0, 0.05) is 0 Å². The zero-order valence-corrected chi connectivity index (χ0v) is 11.8. The van der Waals surface area contributed by atoms with Crippen LogP contribution in [0.15, 0.2) is 30.3 Å². The minimum Gasteiger partial charge on any atom is -0.0802 e. The molecule has 2 rings (SSSR count). The molecular weight excluding hydrogens is 216 g/mol. The summed E-state index contributed by atoms with van der Waals surface area (Å²) in [7, 11) is 0. The summed E-state index contributed by atoms with van der Waals surface area (Å²) in [5, 5.41) is 0. The fraction of sp³-hybridized carbons (Fsp3) is 0.556.